The average molecular weight is 911 g/mol. The van der Waals surface area contributed by atoms with Crippen LogP contribution >= 0.6 is 11.3 Å². The number of rotatable bonds is 8. The number of hydrogen-bond donors (Lipinski definition) is 0. The summed E-state index contributed by atoms with van der Waals surface area (Å²) in [6.45, 7) is 0. The average Bonchev–Trinajstić information content (AvgIpc) is 4.11. The number of para-hydroxylation sites is 3. The summed E-state index contributed by atoms with van der Waals surface area (Å²) >= 11 is 1.86. The van der Waals surface area contributed by atoms with Crippen molar-refractivity contribution in [3.63, 3.8) is 0 Å². The van der Waals surface area contributed by atoms with E-state index >= 15 is 0 Å². The number of nitrogens with zero attached hydrogens (tertiary/aromatic N) is 2. The van der Waals surface area contributed by atoms with Crippen molar-refractivity contribution < 1.29 is 4.42 Å². The first kappa shape index (κ1) is 40.1. The minimum Gasteiger partial charge on any atom is -0.455 e. The van der Waals surface area contributed by atoms with Crippen LogP contribution in [0.2, 0.25) is 0 Å². The Morgan fingerprint density at radius 1 is 0.314 bits per heavy atom. The summed E-state index contributed by atoms with van der Waals surface area (Å²) < 4.78 is 11.5. The molecule has 0 aliphatic rings. The maximum absolute atomic E-state index is 6.53. The lowest BCUT2D eigenvalue weighted by atomic mass is 9.99. The van der Waals surface area contributed by atoms with Crippen LogP contribution in [0.4, 0.5) is 17.1 Å². The van der Waals surface area contributed by atoms with Crippen molar-refractivity contribution >= 4 is 92.3 Å². The van der Waals surface area contributed by atoms with Crippen LogP contribution in [-0.2, 0) is 0 Å². The van der Waals surface area contributed by atoms with E-state index < -0.39 is 0 Å². The molecule has 0 radical (unpaired) electrons. The van der Waals surface area contributed by atoms with Gasteiger partial charge < -0.3 is 13.9 Å². The topological polar surface area (TPSA) is 21.3 Å². The van der Waals surface area contributed by atoms with Gasteiger partial charge >= 0.3 is 0 Å². The Kier molecular flexibility index (Phi) is 9.39. The zero-order valence-electron chi connectivity index (χ0n) is 38.0. The molecule has 0 unspecified atom stereocenters. The van der Waals surface area contributed by atoms with E-state index in [1.54, 1.807) is 0 Å². The SMILES string of the molecule is c1ccc(-c2cccc3c2oc2ccc(-c4ccc(N(c5ccc(-c6ccc7sc8ccccc8c7c6)cc5)c5ccc(-c6ccc7c(c6)c6ccccc6n7-c6ccccc6)cc5)cc4)cc23)cc1. The van der Waals surface area contributed by atoms with Crippen LogP contribution in [0.25, 0.3) is 114 Å². The summed E-state index contributed by atoms with van der Waals surface area (Å²) in [5.41, 5.74) is 17.9. The van der Waals surface area contributed by atoms with Gasteiger partial charge in [0.05, 0.1) is 11.0 Å². The van der Waals surface area contributed by atoms with Crippen molar-refractivity contribution in [3.8, 4) is 50.2 Å². The summed E-state index contributed by atoms with van der Waals surface area (Å²) in [6, 6.07) is 92.3. The van der Waals surface area contributed by atoms with Crippen LogP contribution < -0.4 is 4.90 Å². The number of thiophene rings is 1. The van der Waals surface area contributed by atoms with Gasteiger partial charge in [-0.15, -0.1) is 11.3 Å². The number of fused-ring (bicyclic) bond motifs is 9. The smallest absolute Gasteiger partial charge is 0.143 e. The minimum atomic E-state index is 0.888. The summed E-state index contributed by atoms with van der Waals surface area (Å²) in [7, 11) is 0. The molecule has 0 bridgehead atoms. The monoisotopic (exact) mass is 910 g/mol. The Morgan fingerprint density at radius 3 is 1.50 bits per heavy atom. The molecule has 14 rings (SSSR count). The van der Waals surface area contributed by atoms with Crippen LogP contribution in [0.15, 0.2) is 259 Å². The predicted octanol–water partition coefficient (Wildman–Crippen LogP) is 19.2. The van der Waals surface area contributed by atoms with Crippen molar-refractivity contribution in [2.75, 3.05) is 4.90 Å². The van der Waals surface area contributed by atoms with Crippen LogP contribution in [0.5, 0.6) is 0 Å². The van der Waals surface area contributed by atoms with Gasteiger partial charge in [0, 0.05) is 70.0 Å². The molecule has 0 fully saturated rings. The Balaban J connectivity index is 0.836. The van der Waals surface area contributed by atoms with Crippen molar-refractivity contribution in [3.05, 3.63) is 255 Å². The highest BCUT2D eigenvalue weighted by Gasteiger charge is 2.18. The molecule has 3 aromatic heterocycles. The lowest BCUT2D eigenvalue weighted by Gasteiger charge is -2.26. The largest absolute Gasteiger partial charge is 0.455 e. The predicted molar refractivity (Wildman–Crippen MR) is 297 cm³/mol. The summed E-state index contributed by atoms with van der Waals surface area (Å²) in [5, 5.41) is 7.34. The fraction of sp³-hybridized carbons (Fsp3) is 0. The second-order valence-electron chi connectivity index (χ2n) is 18.1. The molecule has 4 heteroatoms. The molecule has 11 aromatic carbocycles. The zero-order valence-corrected chi connectivity index (χ0v) is 38.8. The highest BCUT2D eigenvalue weighted by Crippen LogP contribution is 2.42. The molecule has 0 aliphatic carbocycles. The van der Waals surface area contributed by atoms with Crippen LogP contribution in [0.3, 0.4) is 0 Å². The normalized spacial score (nSPS) is 11.7. The van der Waals surface area contributed by atoms with E-state index in [0.29, 0.717) is 0 Å². The van der Waals surface area contributed by atoms with E-state index in [1.807, 2.05) is 17.4 Å². The Bertz CT molecular complexity index is 4260. The van der Waals surface area contributed by atoms with Crippen LogP contribution in [0, 0.1) is 0 Å². The van der Waals surface area contributed by atoms with Gasteiger partial charge in [-0.1, -0.05) is 158 Å². The third-order valence-corrected chi connectivity index (χ3v) is 15.2. The van der Waals surface area contributed by atoms with Gasteiger partial charge in [-0.2, -0.15) is 0 Å². The molecule has 0 amide bonds. The third kappa shape index (κ3) is 6.72. The Labute approximate surface area is 409 Å². The molecular weight excluding hydrogens is 869 g/mol. The molecule has 0 aliphatic heterocycles. The molecule has 328 valence electrons. The van der Waals surface area contributed by atoms with Crippen molar-refractivity contribution in [2.45, 2.75) is 0 Å². The molecule has 0 N–H and O–H groups in total. The van der Waals surface area contributed by atoms with Gasteiger partial charge in [0.1, 0.15) is 11.2 Å². The number of hydrogen-bond acceptors (Lipinski definition) is 3. The quantitative estimate of drug-likeness (QED) is 0.151. The third-order valence-electron chi connectivity index (χ3n) is 14.0. The van der Waals surface area contributed by atoms with Gasteiger partial charge in [0.15, 0.2) is 0 Å². The van der Waals surface area contributed by atoms with Gasteiger partial charge in [0.25, 0.3) is 0 Å². The minimum absolute atomic E-state index is 0.888. The van der Waals surface area contributed by atoms with E-state index in [0.717, 1.165) is 66.9 Å². The highest BCUT2D eigenvalue weighted by molar-refractivity contribution is 7.25. The summed E-state index contributed by atoms with van der Waals surface area (Å²) in [4.78, 5) is 2.36. The highest BCUT2D eigenvalue weighted by atomic mass is 32.1. The number of anilines is 3. The number of aromatic nitrogens is 1. The lowest BCUT2D eigenvalue weighted by Crippen LogP contribution is -2.09. The van der Waals surface area contributed by atoms with Crippen LogP contribution in [0.1, 0.15) is 0 Å². The Hall–Kier alpha value is -8.96. The molecule has 3 nitrogen and oxygen atoms in total. The fourth-order valence-electron chi connectivity index (χ4n) is 10.6. The molecule has 70 heavy (non-hydrogen) atoms. The van der Waals surface area contributed by atoms with Gasteiger partial charge in [-0.3, -0.25) is 0 Å². The first-order chi connectivity index (χ1) is 34.7. The van der Waals surface area contributed by atoms with Gasteiger partial charge in [-0.05, 0) is 136 Å². The fourth-order valence-corrected chi connectivity index (χ4v) is 11.7. The van der Waals surface area contributed by atoms with E-state index in [2.05, 4.69) is 258 Å². The van der Waals surface area contributed by atoms with E-state index in [1.165, 1.54) is 64.2 Å². The first-order valence-corrected chi connectivity index (χ1v) is 24.6. The van der Waals surface area contributed by atoms with Gasteiger partial charge in [0.2, 0.25) is 0 Å². The maximum atomic E-state index is 6.53. The van der Waals surface area contributed by atoms with E-state index in [9.17, 15) is 0 Å². The van der Waals surface area contributed by atoms with Crippen molar-refractivity contribution in [1.29, 1.82) is 0 Å². The standard InChI is InChI=1S/C66H42N2OS/c1-3-12-46(13-4-1)54-18-11-19-57-59-41-48(29-38-63(59)69-66(54)57)44-24-33-52(34-25-44)67(53-35-26-45(27-36-53)49-30-39-65-60(42-49)56-17-8-10-21-64(56)70-65)51-31-22-43(23-32-51)47-28-37-62-58(40-47)55-16-7-9-20-61(55)68(62)50-14-5-2-6-15-50/h1-42H. The lowest BCUT2D eigenvalue weighted by molar-refractivity contribution is 0.670. The van der Waals surface area contributed by atoms with E-state index in [4.69, 9.17) is 4.42 Å². The summed E-state index contributed by atoms with van der Waals surface area (Å²) in [5.74, 6) is 0. The molecule has 0 spiro atoms. The maximum Gasteiger partial charge on any atom is 0.143 e. The molecule has 0 saturated heterocycles. The molecule has 0 saturated carbocycles. The van der Waals surface area contributed by atoms with E-state index in [-0.39, 0.29) is 0 Å². The zero-order chi connectivity index (χ0) is 46.1. The summed E-state index contributed by atoms with van der Waals surface area (Å²) in [6.07, 6.45) is 0. The second-order valence-corrected chi connectivity index (χ2v) is 19.2. The Morgan fingerprint density at radius 2 is 0.814 bits per heavy atom. The van der Waals surface area contributed by atoms with Gasteiger partial charge in [-0.25, -0.2) is 0 Å². The number of benzene rings is 11. The van der Waals surface area contributed by atoms with Crippen molar-refractivity contribution in [2.24, 2.45) is 0 Å². The molecule has 14 aromatic rings. The molecular formula is C66H42N2OS. The number of furan rings is 1. The second kappa shape index (κ2) is 16.4. The van der Waals surface area contributed by atoms with Crippen LogP contribution in [-0.4, -0.2) is 4.57 Å². The van der Waals surface area contributed by atoms with Crippen molar-refractivity contribution in [1.82, 2.24) is 4.57 Å². The molecule has 0 atom stereocenters. The first-order valence-electron chi connectivity index (χ1n) is 23.8. The molecule has 3 heterocycles.